The van der Waals surface area contributed by atoms with Gasteiger partial charge in [0.2, 0.25) is 5.91 Å². The van der Waals surface area contributed by atoms with Gasteiger partial charge in [0.25, 0.3) is 0 Å². The van der Waals surface area contributed by atoms with E-state index in [1.54, 1.807) is 0 Å². The molecule has 0 N–H and O–H groups in total. The van der Waals surface area contributed by atoms with Crippen molar-refractivity contribution in [1.29, 1.82) is 0 Å². The highest BCUT2D eigenvalue weighted by Crippen LogP contribution is 2.34. The lowest BCUT2D eigenvalue weighted by Gasteiger charge is -2.47. The molecule has 2 atom stereocenters. The summed E-state index contributed by atoms with van der Waals surface area (Å²) in [6, 6.07) is 14.2. The van der Waals surface area contributed by atoms with Gasteiger partial charge in [-0.25, -0.2) is 0 Å². The fourth-order valence-electron chi connectivity index (χ4n) is 5.04. The topological polar surface area (TPSA) is 23.6 Å². The van der Waals surface area contributed by atoms with Crippen molar-refractivity contribution >= 4 is 5.91 Å². The second-order valence-corrected chi connectivity index (χ2v) is 9.50. The van der Waals surface area contributed by atoms with Crippen LogP contribution in [0.4, 0.5) is 13.2 Å². The van der Waals surface area contributed by atoms with E-state index in [0.29, 0.717) is 24.8 Å². The molecule has 2 aliphatic rings. The van der Waals surface area contributed by atoms with Crippen LogP contribution in [0.1, 0.15) is 61.3 Å². The summed E-state index contributed by atoms with van der Waals surface area (Å²) in [5, 5.41) is 0. The molecular weight excluding hydrogens is 413 g/mol. The van der Waals surface area contributed by atoms with E-state index >= 15 is 0 Å². The normalized spacial score (nSPS) is 22.3. The summed E-state index contributed by atoms with van der Waals surface area (Å²) < 4.78 is 38.5. The highest BCUT2D eigenvalue weighted by Gasteiger charge is 2.39. The Labute approximate surface area is 188 Å². The lowest BCUT2D eigenvalue weighted by atomic mass is 9.83. The quantitative estimate of drug-likeness (QED) is 0.578. The molecule has 2 heterocycles. The number of fused-ring (bicyclic) bond motifs is 1. The zero-order valence-corrected chi connectivity index (χ0v) is 18.7. The van der Waals surface area contributed by atoms with Crippen molar-refractivity contribution in [2.45, 2.75) is 64.3 Å². The van der Waals surface area contributed by atoms with Crippen molar-refractivity contribution in [2.24, 2.45) is 5.92 Å². The monoisotopic (exact) mass is 444 g/mol. The molecule has 2 fully saturated rings. The molecule has 0 saturated carbocycles. The average Bonchev–Trinajstić information content (AvgIpc) is 2.76. The van der Waals surface area contributed by atoms with Gasteiger partial charge in [0.1, 0.15) is 0 Å². The third kappa shape index (κ3) is 5.17. The Balaban J connectivity index is 1.39. The van der Waals surface area contributed by atoms with E-state index in [2.05, 4.69) is 43.0 Å². The summed E-state index contributed by atoms with van der Waals surface area (Å²) >= 11 is 0. The van der Waals surface area contributed by atoms with Crippen molar-refractivity contribution in [2.75, 3.05) is 13.1 Å². The van der Waals surface area contributed by atoms with Crippen LogP contribution in [0.2, 0.25) is 0 Å². The summed E-state index contributed by atoms with van der Waals surface area (Å²) in [6.45, 7) is 7.56. The Kier molecular flexibility index (Phi) is 6.61. The Bertz CT molecular complexity index is 922. The second-order valence-electron chi connectivity index (χ2n) is 9.50. The number of halogens is 3. The molecule has 32 heavy (non-hydrogen) atoms. The molecule has 3 nitrogen and oxygen atoms in total. The minimum atomic E-state index is -4.34. The summed E-state index contributed by atoms with van der Waals surface area (Å²) in [4.78, 5) is 17.0. The molecule has 2 saturated heterocycles. The third-order valence-electron chi connectivity index (χ3n) is 6.91. The molecule has 2 aliphatic heterocycles. The standard InChI is InChI=1S/C26H31F3N2O/c1-18(2)21-7-3-19(4-8-21)15-30-14-13-24-22(17-30)9-12-25(32)31(24)16-20-5-10-23(11-6-20)26(27,28)29/h3-8,10-11,18,22,24H,9,12-17H2,1-2H3/t22-,24+/m1/s1. The number of hydrogen-bond donors (Lipinski definition) is 0. The van der Waals surface area contributed by atoms with Crippen LogP contribution >= 0.6 is 0 Å². The van der Waals surface area contributed by atoms with Crippen LogP contribution < -0.4 is 0 Å². The molecule has 0 aliphatic carbocycles. The highest BCUT2D eigenvalue weighted by atomic mass is 19.4. The van der Waals surface area contributed by atoms with Crippen molar-refractivity contribution in [3.63, 3.8) is 0 Å². The lowest BCUT2D eigenvalue weighted by Crippen LogP contribution is -2.55. The molecule has 2 aromatic rings. The minimum Gasteiger partial charge on any atom is -0.335 e. The first-order valence-corrected chi connectivity index (χ1v) is 11.5. The summed E-state index contributed by atoms with van der Waals surface area (Å²) in [5.41, 5.74) is 2.75. The number of hydrogen-bond acceptors (Lipinski definition) is 2. The number of rotatable bonds is 5. The number of likely N-dealkylation sites (tertiary alicyclic amines) is 2. The van der Waals surface area contributed by atoms with Crippen LogP contribution in [0.5, 0.6) is 0 Å². The first-order valence-electron chi connectivity index (χ1n) is 11.5. The van der Waals surface area contributed by atoms with E-state index < -0.39 is 11.7 Å². The van der Waals surface area contributed by atoms with Crippen molar-refractivity contribution < 1.29 is 18.0 Å². The molecule has 4 rings (SSSR count). The van der Waals surface area contributed by atoms with Crippen molar-refractivity contribution in [3.8, 4) is 0 Å². The minimum absolute atomic E-state index is 0.115. The van der Waals surface area contributed by atoms with E-state index in [0.717, 1.165) is 50.2 Å². The number of carbonyl (C=O) groups is 1. The maximum Gasteiger partial charge on any atom is 0.416 e. The second kappa shape index (κ2) is 9.26. The predicted molar refractivity (Wildman–Crippen MR) is 119 cm³/mol. The van der Waals surface area contributed by atoms with Gasteiger partial charge in [0.05, 0.1) is 5.56 Å². The van der Waals surface area contributed by atoms with E-state index in [1.807, 2.05) is 4.90 Å². The maximum absolute atomic E-state index is 12.8. The van der Waals surface area contributed by atoms with E-state index in [9.17, 15) is 18.0 Å². The molecule has 2 aromatic carbocycles. The Morgan fingerprint density at radius 3 is 2.19 bits per heavy atom. The molecule has 0 aromatic heterocycles. The van der Waals surface area contributed by atoms with Gasteiger partial charge in [-0.2, -0.15) is 13.2 Å². The molecule has 0 spiro atoms. The van der Waals surface area contributed by atoms with Crippen LogP contribution in [0.3, 0.4) is 0 Å². The van der Waals surface area contributed by atoms with E-state index in [-0.39, 0.29) is 11.9 Å². The zero-order chi connectivity index (χ0) is 22.9. The third-order valence-corrected chi connectivity index (χ3v) is 6.91. The van der Waals surface area contributed by atoms with Gasteiger partial charge >= 0.3 is 6.18 Å². The van der Waals surface area contributed by atoms with Crippen LogP contribution in [-0.2, 0) is 24.1 Å². The summed E-state index contributed by atoms with van der Waals surface area (Å²) in [5.74, 6) is 1.05. The Morgan fingerprint density at radius 1 is 0.938 bits per heavy atom. The van der Waals surface area contributed by atoms with Crippen molar-refractivity contribution in [3.05, 3.63) is 70.8 Å². The van der Waals surface area contributed by atoms with Gasteiger partial charge in [-0.1, -0.05) is 50.2 Å². The van der Waals surface area contributed by atoms with Gasteiger partial charge in [0, 0.05) is 38.6 Å². The van der Waals surface area contributed by atoms with Gasteiger partial charge < -0.3 is 4.90 Å². The summed E-state index contributed by atoms with van der Waals surface area (Å²) in [7, 11) is 0. The van der Waals surface area contributed by atoms with E-state index in [1.165, 1.54) is 23.3 Å². The number of nitrogens with zero attached hydrogens (tertiary/aromatic N) is 2. The Hall–Kier alpha value is -2.34. The fourth-order valence-corrected chi connectivity index (χ4v) is 5.04. The van der Waals surface area contributed by atoms with E-state index in [4.69, 9.17) is 0 Å². The van der Waals surface area contributed by atoms with Crippen LogP contribution in [0.15, 0.2) is 48.5 Å². The molecule has 6 heteroatoms. The largest absolute Gasteiger partial charge is 0.416 e. The smallest absolute Gasteiger partial charge is 0.335 e. The molecule has 0 radical (unpaired) electrons. The number of carbonyl (C=O) groups excluding carboxylic acids is 1. The Morgan fingerprint density at radius 2 is 1.56 bits per heavy atom. The van der Waals surface area contributed by atoms with Gasteiger partial charge in [0.15, 0.2) is 0 Å². The van der Waals surface area contributed by atoms with Gasteiger partial charge in [-0.15, -0.1) is 0 Å². The van der Waals surface area contributed by atoms with Gasteiger partial charge in [-0.3, -0.25) is 9.69 Å². The average molecular weight is 445 g/mol. The lowest BCUT2D eigenvalue weighted by molar-refractivity contribution is -0.142. The summed E-state index contributed by atoms with van der Waals surface area (Å²) in [6.07, 6.45) is -2.04. The molecule has 0 unspecified atom stereocenters. The predicted octanol–water partition coefficient (Wildman–Crippen LogP) is 5.84. The first-order chi connectivity index (χ1) is 15.2. The molecule has 0 bridgehead atoms. The molecular formula is C26H31F3N2O. The number of alkyl halides is 3. The van der Waals surface area contributed by atoms with Crippen LogP contribution in [-0.4, -0.2) is 34.8 Å². The highest BCUT2D eigenvalue weighted by molar-refractivity contribution is 5.77. The number of amides is 1. The fraction of sp³-hybridized carbons (Fsp3) is 0.500. The first kappa shape index (κ1) is 22.8. The van der Waals surface area contributed by atoms with Crippen molar-refractivity contribution in [1.82, 2.24) is 9.80 Å². The van der Waals surface area contributed by atoms with Crippen LogP contribution in [0.25, 0.3) is 0 Å². The molecule has 172 valence electrons. The van der Waals surface area contributed by atoms with Crippen LogP contribution in [0, 0.1) is 5.92 Å². The zero-order valence-electron chi connectivity index (χ0n) is 18.7. The number of benzene rings is 2. The SMILES string of the molecule is CC(C)c1ccc(CN2CC[C@H]3[C@H](CCC(=O)N3Cc3ccc(C(F)(F)F)cc3)C2)cc1. The molecule has 1 amide bonds. The number of piperidine rings is 2. The van der Waals surface area contributed by atoms with Gasteiger partial charge in [-0.05, 0) is 53.5 Å². The maximum atomic E-state index is 12.8.